The quantitative estimate of drug-likeness (QED) is 0.316. The van der Waals surface area contributed by atoms with Crippen LogP contribution in [0.5, 0.6) is 5.75 Å². The highest BCUT2D eigenvalue weighted by Gasteiger charge is 2.58. The maximum absolute atomic E-state index is 12.8. The second kappa shape index (κ2) is 8.40. The van der Waals surface area contributed by atoms with E-state index in [9.17, 15) is 20.0 Å². The molecule has 3 aromatic rings. The molecule has 0 aliphatic heterocycles. The van der Waals surface area contributed by atoms with E-state index in [4.69, 9.17) is 0 Å². The van der Waals surface area contributed by atoms with Gasteiger partial charge in [-0.1, -0.05) is 6.92 Å². The molecule has 1 aromatic carbocycles. The smallest absolute Gasteiger partial charge is 0.310 e. The number of nitrogens with one attached hydrogen (secondary N) is 2. The molecule has 0 spiro atoms. The third kappa shape index (κ3) is 3.53. The molecule has 1 saturated carbocycles. The lowest BCUT2D eigenvalue weighted by Crippen LogP contribution is -2.44. The van der Waals surface area contributed by atoms with E-state index in [2.05, 4.69) is 27.4 Å². The van der Waals surface area contributed by atoms with Crippen LogP contribution in [0.25, 0.3) is 0 Å². The van der Waals surface area contributed by atoms with Gasteiger partial charge in [-0.15, -0.1) is 11.3 Å². The fourth-order valence-electron chi connectivity index (χ4n) is 7.46. The van der Waals surface area contributed by atoms with E-state index >= 15 is 0 Å². The van der Waals surface area contributed by atoms with E-state index < -0.39 is 4.92 Å². The number of hydrogen-bond acceptors (Lipinski definition) is 7. The number of nitrogens with zero attached hydrogens (tertiary/aromatic N) is 3. The number of aromatic amines is 1. The predicted molar refractivity (Wildman–Crippen MR) is 135 cm³/mol. The molecule has 6 rings (SSSR count). The van der Waals surface area contributed by atoms with Gasteiger partial charge >= 0.3 is 5.69 Å². The van der Waals surface area contributed by atoms with Crippen LogP contribution in [0, 0.1) is 28.9 Å². The van der Waals surface area contributed by atoms with Crippen molar-refractivity contribution in [2.45, 2.75) is 69.6 Å². The number of aromatic hydroxyl groups is 1. The Hall–Kier alpha value is -3.27. The summed E-state index contributed by atoms with van der Waals surface area (Å²) in [6, 6.07) is 3.20. The number of H-pyrrole nitrogens is 1. The van der Waals surface area contributed by atoms with Crippen molar-refractivity contribution in [3.8, 4) is 5.75 Å². The zero-order chi connectivity index (χ0) is 25.2. The number of carbonyl (C=O) groups is 1. The Balaban J connectivity index is 1.30. The van der Waals surface area contributed by atoms with Crippen molar-refractivity contribution in [2.24, 2.45) is 11.8 Å². The number of fused-ring (bicyclic) bond motifs is 7. The first kappa shape index (κ1) is 23.1. The zero-order valence-electron chi connectivity index (χ0n) is 20.3. The van der Waals surface area contributed by atoms with Crippen LogP contribution in [0.4, 0.5) is 10.8 Å². The number of benzene rings is 1. The Kier molecular flexibility index (Phi) is 5.40. The van der Waals surface area contributed by atoms with Crippen LogP contribution < -0.4 is 5.32 Å². The number of hydrogen-bond donors (Lipinski definition) is 3. The zero-order valence-corrected chi connectivity index (χ0v) is 21.1. The van der Waals surface area contributed by atoms with Crippen molar-refractivity contribution in [1.29, 1.82) is 0 Å². The molecule has 1 amide bonds. The third-order valence-corrected chi connectivity index (χ3v) is 9.69. The molecular weight excluding hydrogens is 478 g/mol. The Morgan fingerprint density at radius 2 is 2.19 bits per heavy atom. The monoisotopic (exact) mass is 507 g/mol. The lowest BCUT2D eigenvalue weighted by molar-refractivity contribution is -0.386. The number of nitro benzene ring substituents is 1. The molecule has 188 valence electrons. The van der Waals surface area contributed by atoms with Gasteiger partial charge < -0.3 is 10.4 Å². The summed E-state index contributed by atoms with van der Waals surface area (Å²) >= 11 is 1.47. The summed E-state index contributed by atoms with van der Waals surface area (Å²) < 4.78 is 0. The summed E-state index contributed by atoms with van der Waals surface area (Å²) in [4.78, 5) is 29.1. The molecule has 5 atom stereocenters. The summed E-state index contributed by atoms with van der Waals surface area (Å²) in [5, 5.41) is 33.0. The lowest BCUT2D eigenvalue weighted by atomic mass is 9.53. The molecule has 10 heteroatoms. The van der Waals surface area contributed by atoms with Crippen LogP contribution in [-0.4, -0.2) is 31.1 Å². The van der Waals surface area contributed by atoms with Crippen molar-refractivity contribution < 1.29 is 14.8 Å². The second-order valence-electron chi connectivity index (χ2n) is 10.7. The minimum Gasteiger partial charge on any atom is -0.502 e. The van der Waals surface area contributed by atoms with Gasteiger partial charge in [-0.2, -0.15) is 5.10 Å². The number of aryl methyl sites for hydroxylation is 2. The minimum absolute atomic E-state index is 0.0320. The summed E-state index contributed by atoms with van der Waals surface area (Å²) in [5.41, 5.74) is 4.06. The van der Waals surface area contributed by atoms with Crippen molar-refractivity contribution >= 4 is 28.1 Å². The molecule has 3 aliphatic carbocycles. The largest absolute Gasteiger partial charge is 0.502 e. The third-order valence-electron chi connectivity index (χ3n) is 8.86. The summed E-state index contributed by atoms with van der Waals surface area (Å²) in [7, 11) is 0. The van der Waals surface area contributed by atoms with Gasteiger partial charge in [0, 0.05) is 35.2 Å². The molecule has 2 aromatic heterocycles. The van der Waals surface area contributed by atoms with Crippen LogP contribution in [-0.2, 0) is 16.6 Å². The molecule has 0 saturated heterocycles. The van der Waals surface area contributed by atoms with E-state index in [1.807, 2.05) is 13.1 Å². The van der Waals surface area contributed by atoms with Crippen molar-refractivity contribution in [3.05, 3.63) is 61.9 Å². The molecule has 0 radical (unpaired) electrons. The van der Waals surface area contributed by atoms with E-state index in [1.54, 1.807) is 18.3 Å². The van der Waals surface area contributed by atoms with E-state index in [-0.39, 0.29) is 34.6 Å². The first-order valence-electron chi connectivity index (χ1n) is 12.5. The molecule has 3 N–H and O–H groups in total. The number of phenolic OH excluding ortho intramolecular Hbond substituents is 1. The summed E-state index contributed by atoms with van der Waals surface area (Å²) in [6.45, 7) is 4.27. The van der Waals surface area contributed by atoms with Gasteiger partial charge in [-0.3, -0.25) is 20.0 Å². The molecule has 9 nitrogen and oxygen atoms in total. The Morgan fingerprint density at radius 1 is 1.36 bits per heavy atom. The number of nitro groups is 1. The number of rotatable bonds is 5. The fraction of sp³-hybridized carbons (Fsp3) is 0.500. The Labute approximate surface area is 212 Å². The Morgan fingerprint density at radius 3 is 2.94 bits per heavy atom. The topological polar surface area (TPSA) is 134 Å². The van der Waals surface area contributed by atoms with E-state index in [1.165, 1.54) is 16.9 Å². The molecule has 1 fully saturated rings. The number of thiazole rings is 1. The maximum atomic E-state index is 12.8. The van der Waals surface area contributed by atoms with Gasteiger partial charge in [0.05, 0.1) is 10.6 Å². The number of aromatic nitrogens is 3. The SMILES string of the molecule is Cc1cnc(NC(=O)CC[C@@H]2c3c[nH]nc3[C@@]3(C)CCC4c5cc([N+](=O)[O-])c(O)cc5CCC4C23)s1. The molecule has 3 aliphatic rings. The lowest BCUT2D eigenvalue weighted by Gasteiger charge is -2.50. The first-order valence-corrected chi connectivity index (χ1v) is 13.3. The van der Waals surface area contributed by atoms with Crippen LogP contribution in [0.3, 0.4) is 0 Å². The molecule has 3 unspecified atom stereocenters. The average Bonchev–Trinajstić information content (AvgIpc) is 3.53. The summed E-state index contributed by atoms with van der Waals surface area (Å²) in [6.07, 6.45) is 8.48. The minimum atomic E-state index is -0.497. The summed E-state index contributed by atoms with van der Waals surface area (Å²) in [5.74, 6) is 0.750. The Bertz CT molecular complexity index is 1370. The number of phenols is 1. The van der Waals surface area contributed by atoms with Crippen LogP contribution in [0.15, 0.2) is 24.5 Å². The van der Waals surface area contributed by atoms with E-state index in [0.29, 0.717) is 23.4 Å². The number of carbonyl (C=O) groups excluding carboxylic acids is 1. The molecule has 2 heterocycles. The van der Waals surface area contributed by atoms with Gasteiger partial charge in [-0.05, 0) is 85.5 Å². The number of amides is 1. The number of anilines is 1. The normalized spacial score (nSPS) is 28.1. The standard InChI is InChI=1S/C26H29N5O4S/c1-13-11-27-25(36-13)29-22(33)6-5-17-19-12-28-30-24(19)26(2)8-7-15-16(23(17)26)4-3-14-9-21(32)20(31(34)35)10-18(14)15/h9-12,15-17,23,32H,3-8H2,1-2H3,(H,28,30)(H,27,29,33)/t15?,16?,17-,23?,26+/m1/s1. The van der Waals surface area contributed by atoms with Crippen molar-refractivity contribution in [2.75, 3.05) is 5.32 Å². The van der Waals surface area contributed by atoms with Gasteiger partial charge in [0.15, 0.2) is 10.9 Å². The first-order chi connectivity index (χ1) is 17.3. The second-order valence-corrected chi connectivity index (χ2v) is 12.0. The average molecular weight is 508 g/mol. The van der Waals surface area contributed by atoms with Crippen molar-refractivity contribution in [3.63, 3.8) is 0 Å². The molecular formula is C26H29N5O4S. The highest BCUT2D eigenvalue weighted by Crippen LogP contribution is 2.64. The fourth-order valence-corrected chi connectivity index (χ4v) is 8.14. The molecule has 0 bridgehead atoms. The predicted octanol–water partition coefficient (Wildman–Crippen LogP) is 5.32. The maximum Gasteiger partial charge on any atom is 0.310 e. The van der Waals surface area contributed by atoms with Crippen LogP contribution in [0.2, 0.25) is 0 Å². The van der Waals surface area contributed by atoms with Gasteiger partial charge in [-0.25, -0.2) is 4.98 Å². The van der Waals surface area contributed by atoms with Gasteiger partial charge in [0.25, 0.3) is 0 Å². The van der Waals surface area contributed by atoms with E-state index in [0.717, 1.165) is 53.8 Å². The van der Waals surface area contributed by atoms with Crippen LogP contribution >= 0.6 is 11.3 Å². The van der Waals surface area contributed by atoms with Gasteiger partial charge in [0.1, 0.15) is 0 Å². The van der Waals surface area contributed by atoms with Crippen LogP contribution in [0.1, 0.15) is 78.1 Å². The highest BCUT2D eigenvalue weighted by molar-refractivity contribution is 7.15. The molecule has 36 heavy (non-hydrogen) atoms. The van der Waals surface area contributed by atoms with Crippen molar-refractivity contribution in [1.82, 2.24) is 15.2 Å². The van der Waals surface area contributed by atoms with Gasteiger partial charge in [0.2, 0.25) is 5.91 Å². The highest BCUT2D eigenvalue weighted by atomic mass is 32.1.